The molecular formula is C27H30N4O. The molecule has 1 atom stereocenters. The van der Waals surface area contributed by atoms with Crippen molar-refractivity contribution in [2.75, 3.05) is 44.2 Å². The molecular weight excluding hydrogens is 396 g/mol. The highest BCUT2D eigenvalue weighted by atomic mass is 16.2. The number of piperazine rings is 1. The number of carbonyl (C=O) groups is 1. The highest BCUT2D eigenvalue weighted by Gasteiger charge is 2.31. The number of hydrogen-bond donors (Lipinski definition) is 1. The third-order valence-corrected chi connectivity index (χ3v) is 6.52. The van der Waals surface area contributed by atoms with Gasteiger partial charge in [0, 0.05) is 45.8 Å². The molecule has 0 aliphatic carbocycles. The van der Waals surface area contributed by atoms with Crippen LogP contribution in [0.2, 0.25) is 0 Å². The van der Waals surface area contributed by atoms with Crippen molar-refractivity contribution >= 4 is 11.6 Å². The number of benzene rings is 3. The van der Waals surface area contributed by atoms with Crippen LogP contribution in [0.5, 0.6) is 0 Å². The zero-order valence-corrected chi connectivity index (χ0v) is 18.4. The molecule has 1 saturated heterocycles. The van der Waals surface area contributed by atoms with E-state index in [-0.39, 0.29) is 12.1 Å². The van der Waals surface area contributed by atoms with Crippen LogP contribution in [0.4, 0.5) is 5.69 Å². The van der Waals surface area contributed by atoms with Gasteiger partial charge in [-0.2, -0.15) is 0 Å². The Balaban J connectivity index is 1.25. The fourth-order valence-corrected chi connectivity index (χ4v) is 4.74. The molecule has 0 bridgehead atoms. The fraction of sp³-hybridized carbons (Fsp3) is 0.296. The van der Waals surface area contributed by atoms with Gasteiger partial charge in [-0.15, -0.1) is 0 Å². The number of nitrogens with one attached hydrogen (secondary N) is 1. The molecule has 1 amide bonds. The summed E-state index contributed by atoms with van der Waals surface area (Å²) in [5, 5.41) is 3.22. The highest BCUT2D eigenvalue weighted by Crippen LogP contribution is 2.32. The Morgan fingerprint density at radius 3 is 2.09 bits per heavy atom. The standard InChI is InChI=1S/C27H30N4O/c32-27-24-13-7-8-14-25(24)31(26(28-27)23-11-5-2-6-12-23)20-19-29-15-17-30(18-16-29)21-22-9-3-1-4-10-22/h1-14,26H,15-21H2,(H,28,32). The van der Waals surface area contributed by atoms with Crippen molar-refractivity contribution < 1.29 is 4.79 Å². The second kappa shape index (κ2) is 9.55. The maximum atomic E-state index is 12.8. The van der Waals surface area contributed by atoms with E-state index < -0.39 is 0 Å². The largest absolute Gasteiger partial charge is 0.345 e. The van der Waals surface area contributed by atoms with Crippen LogP contribution in [0.3, 0.4) is 0 Å². The van der Waals surface area contributed by atoms with Crippen molar-refractivity contribution in [3.8, 4) is 0 Å². The van der Waals surface area contributed by atoms with Gasteiger partial charge in [0.25, 0.3) is 5.91 Å². The van der Waals surface area contributed by atoms with Crippen LogP contribution in [0.15, 0.2) is 84.9 Å². The van der Waals surface area contributed by atoms with Gasteiger partial charge in [-0.05, 0) is 23.3 Å². The van der Waals surface area contributed by atoms with E-state index in [4.69, 9.17) is 0 Å². The van der Waals surface area contributed by atoms with E-state index in [2.05, 4.69) is 68.5 Å². The molecule has 164 valence electrons. The Hall–Kier alpha value is -3.15. The molecule has 5 rings (SSSR count). The first-order chi connectivity index (χ1) is 15.8. The lowest BCUT2D eigenvalue weighted by molar-refractivity contribution is 0.0923. The molecule has 0 saturated carbocycles. The molecule has 1 N–H and O–H groups in total. The summed E-state index contributed by atoms with van der Waals surface area (Å²) in [6, 6.07) is 28.9. The van der Waals surface area contributed by atoms with Gasteiger partial charge in [-0.3, -0.25) is 14.6 Å². The number of rotatable bonds is 6. The van der Waals surface area contributed by atoms with Crippen LogP contribution in [0.1, 0.15) is 27.7 Å². The van der Waals surface area contributed by atoms with Gasteiger partial charge in [-0.1, -0.05) is 72.8 Å². The van der Waals surface area contributed by atoms with E-state index in [1.807, 2.05) is 36.4 Å². The Kier molecular flexibility index (Phi) is 6.19. The molecule has 5 heteroatoms. The van der Waals surface area contributed by atoms with Crippen molar-refractivity contribution in [2.24, 2.45) is 0 Å². The SMILES string of the molecule is O=C1NC(c2ccccc2)N(CCN2CCN(Cc3ccccc3)CC2)c2ccccc21. The summed E-state index contributed by atoms with van der Waals surface area (Å²) in [4.78, 5) is 20.2. The molecule has 1 fully saturated rings. The topological polar surface area (TPSA) is 38.8 Å². The summed E-state index contributed by atoms with van der Waals surface area (Å²) in [7, 11) is 0. The van der Waals surface area contributed by atoms with E-state index in [0.717, 1.165) is 62.6 Å². The Morgan fingerprint density at radius 2 is 1.34 bits per heavy atom. The van der Waals surface area contributed by atoms with E-state index in [1.165, 1.54) is 5.56 Å². The van der Waals surface area contributed by atoms with Gasteiger partial charge >= 0.3 is 0 Å². The monoisotopic (exact) mass is 426 g/mol. The summed E-state index contributed by atoms with van der Waals surface area (Å²) in [6.45, 7) is 7.20. The molecule has 0 radical (unpaired) electrons. The quantitative estimate of drug-likeness (QED) is 0.652. The maximum absolute atomic E-state index is 12.8. The van der Waals surface area contributed by atoms with E-state index in [0.29, 0.717) is 0 Å². The van der Waals surface area contributed by atoms with Crippen LogP contribution in [0.25, 0.3) is 0 Å². The summed E-state index contributed by atoms with van der Waals surface area (Å²) in [6.07, 6.45) is -0.141. The molecule has 32 heavy (non-hydrogen) atoms. The lowest BCUT2D eigenvalue weighted by Gasteiger charge is -2.41. The van der Waals surface area contributed by atoms with Gasteiger partial charge in [0.05, 0.1) is 11.3 Å². The van der Waals surface area contributed by atoms with Gasteiger partial charge in [0.2, 0.25) is 0 Å². The van der Waals surface area contributed by atoms with Crippen LogP contribution in [-0.2, 0) is 6.54 Å². The summed E-state index contributed by atoms with van der Waals surface area (Å²) < 4.78 is 0. The Labute approximate surface area is 190 Å². The average Bonchev–Trinajstić information content (AvgIpc) is 2.85. The van der Waals surface area contributed by atoms with Crippen molar-refractivity contribution in [2.45, 2.75) is 12.7 Å². The van der Waals surface area contributed by atoms with Crippen LogP contribution < -0.4 is 10.2 Å². The van der Waals surface area contributed by atoms with Crippen molar-refractivity contribution in [1.82, 2.24) is 15.1 Å². The van der Waals surface area contributed by atoms with Gasteiger partial charge in [0.15, 0.2) is 0 Å². The lowest BCUT2D eigenvalue weighted by atomic mass is 10.0. The second-order valence-corrected chi connectivity index (χ2v) is 8.60. The number of anilines is 1. The molecule has 2 heterocycles. The molecule has 3 aromatic carbocycles. The molecule has 1 unspecified atom stereocenters. The normalized spacial score (nSPS) is 19.4. The van der Waals surface area contributed by atoms with E-state index >= 15 is 0 Å². The molecule has 2 aliphatic rings. The maximum Gasteiger partial charge on any atom is 0.255 e. The predicted molar refractivity (Wildman–Crippen MR) is 129 cm³/mol. The molecule has 0 aromatic heterocycles. The van der Waals surface area contributed by atoms with E-state index in [9.17, 15) is 4.79 Å². The van der Waals surface area contributed by atoms with Crippen molar-refractivity contribution in [3.05, 3.63) is 102 Å². The van der Waals surface area contributed by atoms with Gasteiger partial charge in [-0.25, -0.2) is 0 Å². The van der Waals surface area contributed by atoms with Gasteiger partial charge < -0.3 is 10.2 Å². The molecule has 2 aliphatic heterocycles. The van der Waals surface area contributed by atoms with Crippen LogP contribution in [0, 0.1) is 0 Å². The average molecular weight is 427 g/mol. The van der Waals surface area contributed by atoms with Crippen LogP contribution >= 0.6 is 0 Å². The minimum Gasteiger partial charge on any atom is -0.345 e. The van der Waals surface area contributed by atoms with E-state index in [1.54, 1.807) is 0 Å². The number of hydrogen-bond acceptors (Lipinski definition) is 4. The molecule has 3 aromatic rings. The zero-order chi connectivity index (χ0) is 21.8. The second-order valence-electron chi connectivity index (χ2n) is 8.60. The summed E-state index contributed by atoms with van der Waals surface area (Å²) in [5.41, 5.74) is 4.27. The molecule has 0 spiro atoms. The third-order valence-electron chi connectivity index (χ3n) is 6.52. The summed E-state index contributed by atoms with van der Waals surface area (Å²) >= 11 is 0. The Morgan fingerprint density at radius 1 is 0.719 bits per heavy atom. The molecule has 5 nitrogen and oxygen atoms in total. The van der Waals surface area contributed by atoms with Crippen molar-refractivity contribution in [1.29, 1.82) is 0 Å². The number of para-hydroxylation sites is 1. The number of amides is 1. The van der Waals surface area contributed by atoms with Crippen LogP contribution in [-0.4, -0.2) is 55.0 Å². The number of nitrogens with zero attached hydrogens (tertiary/aromatic N) is 3. The summed E-state index contributed by atoms with van der Waals surface area (Å²) in [5.74, 6) is 0.000212. The fourth-order valence-electron chi connectivity index (χ4n) is 4.74. The highest BCUT2D eigenvalue weighted by molar-refractivity contribution is 6.02. The predicted octanol–water partition coefficient (Wildman–Crippen LogP) is 3.75. The smallest absolute Gasteiger partial charge is 0.255 e. The first kappa shape index (κ1) is 20.7. The first-order valence-corrected chi connectivity index (χ1v) is 11.5. The minimum atomic E-state index is -0.141. The number of fused-ring (bicyclic) bond motifs is 1. The van der Waals surface area contributed by atoms with Gasteiger partial charge in [0.1, 0.15) is 6.17 Å². The van der Waals surface area contributed by atoms with Crippen molar-refractivity contribution in [3.63, 3.8) is 0 Å². The Bertz CT molecular complexity index is 1030. The zero-order valence-electron chi connectivity index (χ0n) is 18.4. The lowest BCUT2D eigenvalue weighted by Crippen LogP contribution is -2.51. The first-order valence-electron chi connectivity index (χ1n) is 11.5. The third kappa shape index (κ3) is 4.54. The minimum absolute atomic E-state index is 0.000212. The number of carbonyl (C=O) groups excluding carboxylic acids is 1.